The lowest BCUT2D eigenvalue weighted by atomic mass is 10.00. The maximum atomic E-state index is 13.3. The molecule has 5 nitrogen and oxygen atoms in total. The standard InChI is InChI=1S/C27H28N4O/c32-27-21-10-8-9-19-20(26-28-22-11-2-3-12-23(22)29-26)13-14-24(25(19)21)31(27)18-7-6-17-30-15-4-1-5-16-30/h2-3,8-14H,1,4-7,15-18H2,(H,28,29). The molecular weight excluding hydrogens is 396 g/mol. The number of unbranched alkanes of at least 4 members (excludes halogenated alkanes) is 1. The molecule has 6 rings (SSSR count). The summed E-state index contributed by atoms with van der Waals surface area (Å²) >= 11 is 0. The topological polar surface area (TPSA) is 52.2 Å². The van der Waals surface area contributed by atoms with Crippen molar-refractivity contribution in [2.45, 2.75) is 32.1 Å². The second-order valence-electron chi connectivity index (χ2n) is 9.03. The number of piperidine rings is 1. The Morgan fingerprint density at radius 2 is 1.69 bits per heavy atom. The number of aromatic nitrogens is 2. The van der Waals surface area contributed by atoms with Crippen LogP contribution in [0.5, 0.6) is 0 Å². The molecule has 1 fully saturated rings. The number of nitrogens with zero attached hydrogens (tertiary/aromatic N) is 3. The summed E-state index contributed by atoms with van der Waals surface area (Å²) in [5.41, 5.74) is 4.88. The predicted molar refractivity (Wildman–Crippen MR) is 130 cm³/mol. The maximum absolute atomic E-state index is 13.3. The van der Waals surface area contributed by atoms with E-state index in [1.807, 2.05) is 41.3 Å². The number of nitrogens with one attached hydrogen (secondary N) is 1. The SMILES string of the molecule is O=C1c2cccc3c(-c4nc5ccccc5[nH]4)ccc(c23)N1CCCCN1CCCCC1. The fourth-order valence-electron chi connectivity index (χ4n) is 5.34. The van der Waals surface area contributed by atoms with E-state index >= 15 is 0 Å². The highest BCUT2D eigenvalue weighted by Crippen LogP contribution is 2.41. The van der Waals surface area contributed by atoms with Crippen molar-refractivity contribution < 1.29 is 4.79 Å². The average Bonchev–Trinajstić information content (AvgIpc) is 3.38. The molecule has 5 heteroatoms. The maximum Gasteiger partial charge on any atom is 0.258 e. The largest absolute Gasteiger partial charge is 0.338 e. The molecule has 1 N–H and O–H groups in total. The van der Waals surface area contributed by atoms with E-state index < -0.39 is 0 Å². The van der Waals surface area contributed by atoms with Crippen molar-refractivity contribution in [2.24, 2.45) is 0 Å². The zero-order chi connectivity index (χ0) is 21.5. The summed E-state index contributed by atoms with van der Waals surface area (Å²) in [5, 5.41) is 2.15. The van der Waals surface area contributed by atoms with Gasteiger partial charge in [-0.25, -0.2) is 4.98 Å². The summed E-state index contributed by atoms with van der Waals surface area (Å²) in [7, 11) is 0. The van der Waals surface area contributed by atoms with Gasteiger partial charge in [-0.1, -0.05) is 30.7 Å². The van der Waals surface area contributed by atoms with Gasteiger partial charge in [-0.05, 0) is 81.0 Å². The minimum Gasteiger partial charge on any atom is -0.338 e. The van der Waals surface area contributed by atoms with Crippen LogP contribution in [0.3, 0.4) is 0 Å². The lowest BCUT2D eigenvalue weighted by molar-refractivity contribution is 0.0992. The Morgan fingerprint density at radius 3 is 2.56 bits per heavy atom. The monoisotopic (exact) mass is 424 g/mol. The smallest absolute Gasteiger partial charge is 0.258 e. The molecule has 1 saturated heterocycles. The van der Waals surface area contributed by atoms with Gasteiger partial charge < -0.3 is 14.8 Å². The number of imidazole rings is 1. The normalized spacial score (nSPS) is 16.5. The summed E-state index contributed by atoms with van der Waals surface area (Å²) in [4.78, 5) is 26.1. The highest BCUT2D eigenvalue weighted by atomic mass is 16.2. The van der Waals surface area contributed by atoms with Gasteiger partial charge in [-0.3, -0.25) is 4.79 Å². The third-order valence-electron chi connectivity index (χ3n) is 6.98. The zero-order valence-corrected chi connectivity index (χ0v) is 18.3. The Balaban J connectivity index is 1.27. The predicted octanol–water partition coefficient (Wildman–Crippen LogP) is 5.61. The van der Waals surface area contributed by atoms with E-state index in [0.717, 1.165) is 70.4 Å². The second kappa shape index (κ2) is 8.06. The van der Waals surface area contributed by atoms with Crippen LogP contribution in [0.25, 0.3) is 33.2 Å². The number of amides is 1. The van der Waals surface area contributed by atoms with Crippen LogP contribution in [0.2, 0.25) is 0 Å². The van der Waals surface area contributed by atoms with Gasteiger partial charge in [0.05, 0.1) is 16.7 Å². The van der Waals surface area contributed by atoms with Gasteiger partial charge in [0.15, 0.2) is 0 Å². The number of carbonyl (C=O) groups is 1. The van der Waals surface area contributed by atoms with E-state index in [2.05, 4.69) is 28.1 Å². The molecule has 0 spiro atoms. The molecule has 0 saturated carbocycles. The third-order valence-corrected chi connectivity index (χ3v) is 6.98. The van der Waals surface area contributed by atoms with Crippen molar-refractivity contribution >= 4 is 33.4 Å². The molecule has 0 aliphatic carbocycles. The summed E-state index contributed by atoms with van der Waals surface area (Å²) in [6.45, 7) is 4.39. The van der Waals surface area contributed by atoms with Crippen LogP contribution in [0, 0.1) is 0 Å². The van der Waals surface area contributed by atoms with E-state index in [1.54, 1.807) is 0 Å². The quantitative estimate of drug-likeness (QED) is 0.409. The van der Waals surface area contributed by atoms with Gasteiger partial charge in [0.25, 0.3) is 5.91 Å². The van der Waals surface area contributed by atoms with E-state index in [0.29, 0.717) is 0 Å². The molecule has 0 atom stereocenters. The van der Waals surface area contributed by atoms with Crippen molar-refractivity contribution in [3.8, 4) is 11.4 Å². The molecule has 2 aliphatic rings. The van der Waals surface area contributed by atoms with E-state index in [1.165, 1.54) is 32.4 Å². The number of hydrogen-bond acceptors (Lipinski definition) is 3. The number of fused-ring (bicyclic) bond motifs is 1. The van der Waals surface area contributed by atoms with Crippen LogP contribution < -0.4 is 4.90 Å². The zero-order valence-electron chi connectivity index (χ0n) is 18.3. The van der Waals surface area contributed by atoms with Gasteiger partial charge in [0.2, 0.25) is 0 Å². The fraction of sp³-hybridized carbons (Fsp3) is 0.333. The van der Waals surface area contributed by atoms with Crippen molar-refractivity contribution in [1.82, 2.24) is 14.9 Å². The number of hydrogen-bond donors (Lipinski definition) is 1. The fourth-order valence-corrected chi connectivity index (χ4v) is 5.34. The first-order valence-electron chi connectivity index (χ1n) is 11.8. The molecule has 3 aromatic carbocycles. The van der Waals surface area contributed by atoms with Crippen molar-refractivity contribution in [3.63, 3.8) is 0 Å². The van der Waals surface area contributed by atoms with E-state index in [9.17, 15) is 4.79 Å². The second-order valence-corrected chi connectivity index (χ2v) is 9.03. The molecule has 1 aromatic heterocycles. The average molecular weight is 425 g/mol. The minimum atomic E-state index is 0.130. The number of anilines is 1. The third kappa shape index (κ3) is 3.28. The molecule has 4 aromatic rings. The molecule has 3 heterocycles. The highest BCUT2D eigenvalue weighted by molar-refractivity contribution is 6.26. The first kappa shape index (κ1) is 19.5. The molecule has 32 heavy (non-hydrogen) atoms. The summed E-state index contributed by atoms with van der Waals surface area (Å²) in [6, 6.07) is 18.4. The van der Waals surface area contributed by atoms with Gasteiger partial charge in [0.1, 0.15) is 5.82 Å². The number of para-hydroxylation sites is 2. The van der Waals surface area contributed by atoms with Crippen molar-refractivity contribution in [1.29, 1.82) is 0 Å². The number of aromatic amines is 1. The lowest BCUT2D eigenvalue weighted by Gasteiger charge is -2.26. The van der Waals surface area contributed by atoms with Gasteiger partial charge in [-0.15, -0.1) is 0 Å². The van der Waals surface area contributed by atoms with Crippen LogP contribution in [0.1, 0.15) is 42.5 Å². The Bertz CT molecular complexity index is 1270. The number of rotatable bonds is 6. The molecule has 2 aliphatic heterocycles. The number of H-pyrrole nitrogens is 1. The molecular formula is C27H28N4O. The first-order valence-corrected chi connectivity index (χ1v) is 11.8. The van der Waals surface area contributed by atoms with Crippen molar-refractivity contribution in [2.75, 3.05) is 31.1 Å². The Hall–Kier alpha value is -3.18. The number of benzene rings is 3. The van der Waals surface area contributed by atoms with Crippen LogP contribution >= 0.6 is 0 Å². The number of carbonyl (C=O) groups excluding carboxylic acids is 1. The van der Waals surface area contributed by atoms with Crippen LogP contribution in [0.4, 0.5) is 5.69 Å². The van der Waals surface area contributed by atoms with Gasteiger partial charge in [-0.2, -0.15) is 0 Å². The summed E-state index contributed by atoms with van der Waals surface area (Å²) in [6.07, 6.45) is 6.20. The first-order chi connectivity index (χ1) is 15.8. The molecule has 0 radical (unpaired) electrons. The Labute approximate surface area is 188 Å². The van der Waals surface area contributed by atoms with Crippen LogP contribution in [0.15, 0.2) is 54.6 Å². The molecule has 162 valence electrons. The van der Waals surface area contributed by atoms with Gasteiger partial charge >= 0.3 is 0 Å². The van der Waals surface area contributed by atoms with Gasteiger partial charge in [0, 0.05) is 23.1 Å². The Kier molecular flexibility index (Phi) is 4.91. The van der Waals surface area contributed by atoms with E-state index in [-0.39, 0.29) is 5.91 Å². The molecule has 0 bridgehead atoms. The summed E-state index contributed by atoms with van der Waals surface area (Å²) < 4.78 is 0. The summed E-state index contributed by atoms with van der Waals surface area (Å²) in [5.74, 6) is 0.979. The molecule has 0 unspecified atom stereocenters. The Morgan fingerprint density at radius 1 is 0.844 bits per heavy atom. The van der Waals surface area contributed by atoms with Crippen LogP contribution in [-0.2, 0) is 0 Å². The minimum absolute atomic E-state index is 0.130. The molecule has 1 amide bonds. The lowest BCUT2D eigenvalue weighted by Crippen LogP contribution is -2.32. The van der Waals surface area contributed by atoms with E-state index in [4.69, 9.17) is 4.98 Å². The van der Waals surface area contributed by atoms with Crippen LogP contribution in [-0.4, -0.2) is 47.0 Å². The van der Waals surface area contributed by atoms with Crippen molar-refractivity contribution in [3.05, 3.63) is 60.2 Å². The number of likely N-dealkylation sites (tertiary alicyclic amines) is 1. The highest BCUT2D eigenvalue weighted by Gasteiger charge is 2.30.